The van der Waals surface area contributed by atoms with Gasteiger partial charge in [0.25, 0.3) is 0 Å². The van der Waals surface area contributed by atoms with Crippen LogP contribution in [0.25, 0.3) is 0 Å². The molecule has 0 radical (unpaired) electrons. The molecule has 0 atom stereocenters. The molecule has 5 heteroatoms. The van der Waals surface area contributed by atoms with Crippen molar-refractivity contribution in [3.8, 4) is 0 Å². The van der Waals surface area contributed by atoms with E-state index >= 15 is 0 Å². The molecular formula is C11H16N4O. The van der Waals surface area contributed by atoms with E-state index in [0.29, 0.717) is 0 Å². The van der Waals surface area contributed by atoms with Crippen LogP contribution in [0.2, 0.25) is 0 Å². The first-order valence-electron chi connectivity index (χ1n) is 4.88. The van der Waals surface area contributed by atoms with Crippen LogP contribution < -0.4 is 16.8 Å². The number of nitrogens with one attached hydrogen (secondary N) is 1. The highest BCUT2D eigenvalue weighted by atomic mass is 16.2. The van der Waals surface area contributed by atoms with Crippen molar-refractivity contribution in [3.05, 3.63) is 28.8 Å². The minimum absolute atomic E-state index is 0.250. The minimum Gasteiger partial charge on any atom is -0.370 e. The highest BCUT2D eigenvalue weighted by Crippen LogP contribution is 2.21. The standard InChI is InChI=1S/C11H16N4O/c1-6-4-7(2)9(8(3)5-6)14-11(16)15-10(12)13/h4-5H,1-3H3,(H5,12,13,14,15,16). The number of urea groups is 1. The van der Waals surface area contributed by atoms with Crippen LogP contribution in [-0.2, 0) is 0 Å². The predicted molar refractivity (Wildman–Crippen MR) is 65.5 cm³/mol. The Bertz CT molecular complexity index is 424. The van der Waals surface area contributed by atoms with Gasteiger partial charge in [-0.2, -0.15) is 4.99 Å². The van der Waals surface area contributed by atoms with Crippen LogP contribution in [0.15, 0.2) is 17.1 Å². The Morgan fingerprint density at radius 1 is 1.19 bits per heavy atom. The maximum atomic E-state index is 11.4. The Labute approximate surface area is 94.5 Å². The summed E-state index contributed by atoms with van der Waals surface area (Å²) in [5.74, 6) is -0.250. The van der Waals surface area contributed by atoms with Gasteiger partial charge in [-0.15, -0.1) is 0 Å². The van der Waals surface area contributed by atoms with Gasteiger partial charge in [-0.3, -0.25) is 0 Å². The predicted octanol–water partition coefficient (Wildman–Crippen LogP) is 1.42. The van der Waals surface area contributed by atoms with Crippen LogP contribution >= 0.6 is 0 Å². The lowest BCUT2D eigenvalue weighted by molar-refractivity contribution is 0.259. The lowest BCUT2D eigenvalue weighted by atomic mass is 10.1. The number of aryl methyl sites for hydroxylation is 3. The van der Waals surface area contributed by atoms with Crippen molar-refractivity contribution < 1.29 is 4.79 Å². The number of anilines is 1. The Balaban J connectivity index is 2.98. The first-order chi connectivity index (χ1) is 7.40. The molecule has 5 N–H and O–H groups in total. The number of hydrogen-bond donors (Lipinski definition) is 3. The number of carbonyl (C=O) groups is 1. The molecule has 1 rings (SSSR count). The van der Waals surface area contributed by atoms with E-state index in [1.807, 2.05) is 32.9 Å². The molecule has 0 saturated carbocycles. The summed E-state index contributed by atoms with van der Waals surface area (Å²) in [6.07, 6.45) is 0. The van der Waals surface area contributed by atoms with Gasteiger partial charge in [0.1, 0.15) is 0 Å². The lowest BCUT2D eigenvalue weighted by Crippen LogP contribution is -2.25. The highest BCUT2D eigenvalue weighted by Gasteiger charge is 2.07. The van der Waals surface area contributed by atoms with Gasteiger partial charge in [0.05, 0.1) is 0 Å². The van der Waals surface area contributed by atoms with Crippen LogP contribution in [0, 0.1) is 20.8 Å². The molecule has 86 valence electrons. The van der Waals surface area contributed by atoms with Crippen molar-refractivity contribution in [2.24, 2.45) is 16.5 Å². The molecule has 5 nitrogen and oxygen atoms in total. The van der Waals surface area contributed by atoms with Gasteiger partial charge in [-0.25, -0.2) is 4.79 Å². The molecule has 0 bridgehead atoms. The maximum Gasteiger partial charge on any atom is 0.348 e. The molecule has 2 amide bonds. The quantitative estimate of drug-likeness (QED) is 0.493. The monoisotopic (exact) mass is 220 g/mol. The number of aliphatic imine (C=N–C) groups is 1. The molecule has 1 aromatic carbocycles. The molecule has 0 heterocycles. The Kier molecular flexibility index (Phi) is 3.50. The number of hydrogen-bond acceptors (Lipinski definition) is 1. The number of rotatable bonds is 1. The average Bonchev–Trinajstić information content (AvgIpc) is 2.09. The number of amides is 2. The average molecular weight is 220 g/mol. The minimum atomic E-state index is -0.560. The zero-order chi connectivity index (χ0) is 12.3. The zero-order valence-electron chi connectivity index (χ0n) is 9.66. The number of nitrogens with two attached hydrogens (primary N) is 2. The normalized spacial score (nSPS) is 9.69. The van der Waals surface area contributed by atoms with Crippen LogP contribution in [0.3, 0.4) is 0 Å². The first-order valence-corrected chi connectivity index (χ1v) is 4.88. The fraction of sp³-hybridized carbons (Fsp3) is 0.273. The second-order valence-corrected chi connectivity index (χ2v) is 3.74. The summed E-state index contributed by atoms with van der Waals surface area (Å²) in [5, 5.41) is 2.65. The molecular weight excluding hydrogens is 204 g/mol. The van der Waals surface area contributed by atoms with Crippen molar-refractivity contribution in [1.82, 2.24) is 0 Å². The third-order valence-electron chi connectivity index (χ3n) is 2.14. The van der Waals surface area contributed by atoms with E-state index in [4.69, 9.17) is 11.5 Å². The molecule has 0 aromatic heterocycles. The van der Waals surface area contributed by atoms with Gasteiger partial charge < -0.3 is 16.8 Å². The maximum absolute atomic E-state index is 11.4. The highest BCUT2D eigenvalue weighted by molar-refractivity contribution is 5.98. The van der Waals surface area contributed by atoms with Gasteiger partial charge >= 0.3 is 6.03 Å². The summed E-state index contributed by atoms with van der Waals surface area (Å²) >= 11 is 0. The number of guanidine groups is 1. The lowest BCUT2D eigenvalue weighted by Gasteiger charge is -2.10. The molecule has 0 unspecified atom stereocenters. The van der Waals surface area contributed by atoms with E-state index in [-0.39, 0.29) is 5.96 Å². The van der Waals surface area contributed by atoms with E-state index in [1.54, 1.807) is 0 Å². The van der Waals surface area contributed by atoms with E-state index < -0.39 is 6.03 Å². The summed E-state index contributed by atoms with van der Waals surface area (Å²) in [7, 11) is 0. The van der Waals surface area contributed by atoms with E-state index in [0.717, 1.165) is 22.4 Å². The van der Waals surface area contributed by atoms with Crippen molar-refractivity contribution in [2.45, 2.75) is 20.8 Å². The van der Waals surface area contributed by atoms with Crippen LogP contribution in [-0.4, -0.2) is 12.0 Å². The zero-order valence-corrected chi connectivity index (χ0v) is 9.66. The van der Waals surface area contributed by atoms with Crippen LogP contribution in [0.5, 0.6) is 0 Å². The molecule has 0 aliphatic rings. The van der Waals surface area contributed by atoms with Gasteiger partial charge in [-0.05, 0) is 31.9 Å². The SMILES string of the molecule is Cc1cc(C)c(NC(=O)N=C(N)N)c(C)c1. The molecule has 0 spiro atoms. The van der Waals surface area contributed by atoms with Crippen molar-refractivity contribution in [1.29, 1.82) is 0 Å². The third-order valence-corrected chi connectivity index (χ3v) is 2.14. The number of benzene rings is 1. The fourth-order valence-electron chi connectivity index (χ4n) is 1.63. The van der Waals surface area contributed by atoms with Crippen LogP contribution in [0.4, 0.5) is 10.5 Å². The molecule has 16 heavy (non-hydrogen) atoms. The Morgan fingerprint density at radius 2 is 1.69 bits per heavy atom. The van der Waals surface area contributed by atoms with Gasteiger partial charge in [-0.1, -0.05) is 17.7 Å². The van der Waals surface area contributed by atoms with E-state index in [9.17, 15) is 4.79 Å². The summed E-state index contributed by atoms with van der Waals surface area (Å²) in [5.41, 5.74) is 14.1. The molecule has 1 aromatic rings. The van der Waals surface area contributed by atoms with Crippen LogP contribution in [0.1, 0.15) is 16.7 Å². The summed E-state index contributed by atoms with van der Waals surface area (Å²) in [6, 6.07) is 3.41. The van der Waals surface area contributed by atoms with Gasteiger partial charge in [0.2, 0.25) is 0 Å². The molecule has 0 aliphatic carbocycles. The molecule has 0 fully saturated rings. The largest absolute Gasteiger partial charge is 0.370 e. The molecule has 0 saturated heterocycles. The second kappa shape index (κ2) is 4.65. The number of carbonyl (C=O) groups excluding carboxylic acids is 1. The van der Waals surface area contributed by atoms with Gasteiger partial charge in [0.15, 0.2) is 5.96 Å². The Morgan fingerprint density at radius 3 is 2.12 bits per heavy atom. The Hall–Kier alpha value is -2.04. The topological polar surface area (TPSA) is 93.5 Å². The van der Waals surface area contributed by atoms with Gasteiger partial charge in [0, 0.05) is 5.69 Å². The summed E-state index contributed by atoms with van der Waals surface area (Å²) in [4.78, 5) is 14.8. The smallest absolute Gasteiger partial charge is 0.348 e. The molecule has 0 aliphatic heterocycles. The van der Waals surface area contributed by atoms with Crippen molar-refractivity contribution in [3.63, 3.8) is 0 Å². The fourth-order valence-corrected chi connectivity index (χ4v) is 1.63. The van der Waals surface area contributed by atoms with Crippen molar-refractivity contribution in [2.75, 3.05) is 5.32 Å². The first kappa shape index (κ1) is 12.0. The van der Waals surface area contributed by atoms with Crippen molar-refractivity contribution >= 4 is 17.7 Å². The summed E-state index contributed by atoms with van der Waals surface area (Å²) in [6.45, 7) is 5.85. The van der Waals surface area contributed by atoms with E-state index in [1.165, 1.54) is 0 Å². The summed E-state index contributed by atoms with van der Waals surface area (Å²) < 4.78 is 0. The second-order valence-electron chi connectivity index (χ2n) is 3.74. The number of nitrogens with zero attached hydrogens (tertiary/aromatic N) is 1. The van der Waals surface area contributed by atoms with E-state index in [2.05, 4.69) is 10.3 Å². The third kappa shape index (κ3) is 2.98.